The molecule has 1 aromatic heterocycles. The van der Waals surface area contributed by atoms with Crippen molar-refractivity contribution in [3.63, 3.8) is 0 Å². The van der Waals surface area contributed by atoms with Gasteiger partial charge in [-0.3, -0.25) is 4.98 Å². The number of terminal acetylenes is 1. The molecule has 1 atom stereocenters. The summed E-state index contributed by atoms with van der Waals surface area (Å²) in [5.41, 5.74) is 0. The first-order valence-electron chi connectivity index (χ1n) is 4.95. The molecule has 80 valence electrons. The summed E-state index contributed by atoms with van der Waals surface area (Å²) in [4.78, 5) is 8.21. The molecule has 0 saturated heterocycles. The lowest BCUT2D eigenvalue weighted by Crippen LogP contribution is -2.10. The summed E-state index contributed by atoms with van der Waals surface area (Å²) in [6.07, 6.45) is 9.15. The third-order valence-corrected chi connectivity index (χ3v) is 1.70. The molecule has 0 aliphatic carbocycles. The monoisotopic (exact) mass is 205 g/mol. The zero-order chi connectivity index (χ0) is 11.1. The van der Waals surface area contributed by atoms with Crippen LogP contribution in [0.3, 0.4) is 0 Å². The lowest BCUT2D eigenvalue weighted by Gasteiger charge is -2.09. The predicted molar refractivity (Wildman–Crippen MR) is 59.7 cm³/mol. The van der Waals surface area contributed by atoms with Crippen LogP contribution in [-0.4, -0.2) is 22.6 Å². The number of rotatable bonds is 5. The summed E-state index contributed by atoms with van der Waals surface area (Å²) >= 11 is 0. The van der Waals surface area contributed by atoms with Crippen LogP contribution >= 0.6 is 0 Å². The molecule has 4 nitrogen and oxygen atoms in total. The van der Waals surface area contributed by atoms with E-state index in [4.69, 9.17) is 11.2 Å². The molecule has 4 heteroatoms. The average Bonchev–Trinajstić information content (AvgIpc) is 2.26. The molecule has 1 rings (SSSR count). The van der Waals surface area contributed by atoms with Gasteiger partial charge in [0.05, 0.1) is 12.4 Å². The molecule has 0 bridgehead atoms. The Morgan fingerprint density at radius 3 is 3.07 bits per heavy atom. The summed E-state index contributed by atoms with van der Waals surface area (Å²) in [7, 11) is 0. The fourth-order valence-corrected chi connectivity index (χ4v) is 0.958. The summed E-state index contributed by atoms with van der Waals surface area (Å²) < 4.78 is 5.33. The van der Waals surface area contributed by atoms with Gasteiger partial charge >= 0.3 is 0 Å². The SMILES string of the molecule is C#CC(C)Oc1cncc(NCCC)n1. The number of hydrogen-bond donors (Lipinski definition) is 1. The second kappa shape index (κ2) is 5.86. The first-order chi connectivity index (χ1) is 7.26. The first kappa shape index (κ1) is 11.3. The topological polar surface area (TPSA) is 47.0 Å². The zero-order valence-corrected chi connectivity index (χ0v) is 9.03. The van der Waals surface area contributed by atoms with Crippen molar-refractivity contribution < 1.29 is 4.74 Å². The van der Waals surface area contributed by atoms with Crippen molar-refractivity contribution in [3.05, 3.63) is 12.4 Å². The van der Waals surface area contributed by atoms with Crippen LogP contribution in [0.5, 0.6) is 5.88 Å². The Kier molecular flexibility index (Phi) is 4.42. The van der Waals surface area contributed by atoms with Gasteiger partial charge in [0.2, 0.25) is 5.88 Å². The van der Waals surface area contributed by atoms with E-state index < -0.39 is 0 Å². The average molecular weight is 205 g/mol. The molecule has 0 amide bonds. The van der Waals surface area contributed by atoms with E-state index in [1.165, 1.54) is 0 Å². The lowest BCUT2D eigenvalue weighted by molar-refractivity contribution is 0.267. The highest BCUT2D eigenvalue weighted by Crippen LogP contribution is 2.10. The van der Waals surface area contributed by atoms with Crippen LogP contribution in [0.1, 0.15) is 20.3 Å². The van der Waals surface area contributed by atoms with Crippen molar-refractivity contribution in [2.24, 2.45) is 0 Å². The van der Waals surface area contributed by atoms with Gasteiger partial charge < -0.3 is 10.1 Å². The Labute approximate surface area is 90.1 Å². The number of anilines is 1. The number of ether oxygens (including phenoxy) is 1. The molecule has 1 unspecified atom stereocenters. The molecule has 0 spiro atoms. The van der Waals surface area contributed by atoms with E-state index in [0.29, 0.717) is 11.7 Å². The van der Waals surface area contributed by atoms with Crippen molar-refractivity contribution in [3.8, 4) is 18.2 Å². The summed E-state index contributed by atoms with van der Waals surface area (Å²) in [6.45, 7) is 4.73. The Hall–Kier alpha value is -1.76. The number of nitrogens with zero attached hydrogens (tertiary/aromatic N) is 2. The fourth-order valence-electron chi connectivity index (χ4n) is 0.958. The van der Waals surface area contributed by atoms with E-state index >= 15 is 0 Å². The number of aromatic nitrogens is 2. The zero-order valence-electron chi connectivity index (χ0n) is 9.03. The van der Waals surface area contributed by atoms with Gasteiger partial charge in [-0.05, 0) is 13.3 Å². The van der Waals surface area contributed by atoms with Crippen molar-refractivity contribution in [1.29, 1.82) is 0 Å². The minimum atomic E-state index is -0.291. The third kappa shape index (κ3) is 3.86. The van der Waals surface area contributed by atoms with Crippen LogP contribution in [-0.2, 0) is 0 Å². The van der Waals surface area contributed by atoms with Gasteiger partial charge in [-0.2, -0.15) is 4.98 Å². The molecule has 0 radical (unpaired) electrons. The van der Waals surface area contributed by atoms with Gasteiger partial charge in [0.15, 0.2) is 6.10 Å². The molecule has 1 N–H and O–H groups in total. The minimum Gasteiger partial charge on any atom is -0.460 e. The standard InChI is InChI=1S/C11H15N3O/c1-4-6-13-10-7-12-8-11(14-10)15-9(3)5-2/h2,7-9H,4,6H2,1,3H3,(H,13,14). The van der Waals surface area contributed by atoms with Crippen LogP contribution in [0.4, 0.5) is 5.82 Å². The molecule has 1 heterocycles. The van der Waals surface area contributed by atoms with Crippen LogP contribution in [0.15, 0.2) is 12.4 Å². The second-order valence-corrected chi connectivity index (χ2v) is 3.10. The molecule has 1 aromatic rings. The number of hydrogen-bond acceptors (Lipinski definition) is 4. The predicted octanol–water partition coefficient (Wildman–Crippen LogP) is 1.70. The smallest absolute Gasteiger partial charge is 0.235 e. The molecule has 0 saturated carbocycles. The highest BCUT2D eigenvalue weighted by Gasteiger charge is 2.02. The van der Waals surface area contributed by atoms with Crippen LogP contribution in [0.25, 0.3) is 0 Å². The van der Waals surface area contributed by atoms with Crippen LogP contribution in [0, 0.1) is 12.3 Å². The van der Waals surface area contributed by atoms with Gasteiger partial charge in [0, 0.05) is 6.54 Å². The minimum absolute atomic E-state index is 0.291. The van der Waals surface area contributed by atoms with E-state index in [2.05, 4.69) is 28.1 Å². The first-order valence-corrected chi connectivity index (χ1v) is 4.95. The van der Waals surface area contributed by atoms with E-state index in [1.54, 1.807) is 19.3 Å². The number of nitrogens with one attached hydrogen (secondary N) is 1. The fraction of sp³-hybridized carbons (Fsp3) is 0.455. The van der Waals surface area contributed by atoms with Crippen LogP contribution in [0.2, 0.25) is 0 Å². The maximum absolute atomic E-state index is 5.33. The highest BCUT2D eigenvalue weighted by atomic mass is 16.5. The van der Waals surface area contributed by atoms with Crippen molar-refractivity contribution in [1.82, 2.24) is 9.97 Å². The molecular formula is C11H15N3O. The second-order valence-electron chi connectivity index (χ2n) is 3.10. The molecule has 0 aromatic carbocycles. The van der Waals surface area contributed by atoms with Gasteiger partial charge in [-0.15, -0.1) is 6.42 Å². The van der Waals surface area contributed by atoms with Gasteiger partial charge in [-0.1, -0.05) is 12.8 Å². The summed E-state index contributed by atoms with van der Waals surface area (Å²) in [5, 5.41) is 3.12. The van der Waals surface area contributed by atoms with Crippen LogP contribution < -0.4 is 10.1 Å². The van der Waals surface area contributed by atoms with E-state index in [1.807, 2.05) is 0 Å². The Morgan fingerprint density at radius 1 is 1.60 bits per heavy atom. The summed E-state index contributed by atoms with van der Waals surface area (Å²) in [5.74, 6) is 3.62. The molecular weight excluding hydrogens is 190 g/mol. The maximum Gasteiger partial charge on any atom is 0.235 e. The normalized spacial score (nSPS) is 11.5. The van der Waals surface area contributed by atoms with E-state index in [0.717, 1.165) is 13.0 Å². The molecule has 0 aliphatic rings. The Balaban J connectivity index is 2.62. The quantitative estimate of drug-likeness (QED) is 0.743. The summed E-state index contributed by atoms with van der Waals surface area (Å²) in [6, 6.07) is 0. The van der Waals surface area contributed by atoms with E-state index in [9.17, 15) is 0 Å². The highest BCUT2D eigenvalue weighted by molar-refractivity contribution is 5.33. The van der Waals surface area contributed by atoms with Crippen molar-refractivity contribution in [2.45, 2.75) is 26.4 Å². The van der Waals surface area contributed by atoms with Gasteiger partial charge in [0.1, 0.15) is 5.82 Å². The third-order valence-electron chi connectivity index (χ3n) is 1.70. The Morgan fingerprint density at radius 2 is 2.40 bits per heavy atom. The van der Waals surface area contributed by atoms with Gasteiger partial charge in [-0.25, -0.2) is 0 Å². The van der Waals surface area contributed by atoms with Gasteiger partial charge in [0.25, 0.3) is 0 Å². The molecule has 0 aliphatic heterocycles. The molecule has 0 fully saturated rings. The van der Waals surface area contributed by atoms with Crippen molar-refractivity contribution >= 4 is 5.82 Å². The van der Waals surface area contributed by atoms with Crippen molar-refractivity contribution in [2.75, 3.05) is 11.9 Å². The molecule has 15 heavy (non-hydrogen) atoms. The Bertz CT molecular complexity index is 346. The largest absolute Gasteiger partial charge is 0.460 e. The van der Waals surface area contributed by atoms with E-state index in [-0.39, 0.29) is 6.10 Å². The lowest BCUT2D eigenvalue weighted by atomic mass is 10.4. The maximum atomic E-state index is 5.33.